The molecule has 0 aliphatic carbocycles. The van der Waals surface area contributed by atoms with Gasteiger partial charge in [-0.05, 0) is 42.2 Å². The minimum absolute atomic E-state index is 0.0231. The third-order valence-electron chi connectivity index (χ3n) is 4.67. The average Bonchev–Trinajstić information content (AvgIpc) is 2.75. The van der Waals surface area contributed by atoms with Gasteiger partial charge in [0.25, 0.3) is 0 Å². The first-order valence-corrected chi connectivity index (χ1v) is 9.72. The van der Waals surface area contributed by atoms with Crippen molar-refractivity contribution in [2.45, 2.75) is 33.1 Å². The lowest BCUT2D eigenvalue weighted by atomic mass is 9.91. The van der Waals surface area contributed by atoms with Crippen molar-refractivity contribution >= 4 is 23.4 Å². The second-order valence-corrected chi connectivity index (χ2v) is 6.69. The second-order valence-electron chi connectivity index (χ2n) is 6.69. The predicted molar refractivity (Wildman–Crippen MR) is 116 cm³/mol. The molecule has 1 heterocycles. The van der Waals surface area contributed by atoms with Crippen LogP contribution in [0.3, 0.4) is 0 Å². The molecule has 0 saturated heterocycles. The SMILES string of the molecule is C=C1C=C(C=O)C=CN1/C=C(\CC)c1c(/C(=C/CCC)C(F)=NC)ccc(F)c1F. The maximum absolute atomic E-state index is 15.0. The standard InChI is InChI=1S/C24H25F3N2O/c1-5-7-8-20(24(27)28-4)19-9-10-21(25)23(26)22(19)18(6-2)14-29-12-11-17(15-30)13-16(29)3/h8-15H,3,5-7H2,1-2,4H3/b18-14+,20-8-,28-24?. The molecule has 0 saturated carbocycles. The highest BCUT2D eigenvalue weighted by Crippen LogP contribution is 2.34. The molecule has 30 heavy (non-hydrogen) atoms. The van der Waals surface area contributed by atoms with Gasteiger partial charge in [0.05, 0.1) is 0 Å². The number of unbranched alkanes of at least 4 members (excludes halogenated alkanes) is 1. The number of aliphatic imine (C=N–C) groups is 1. The number of carbonyl (C=O) groups excluding carboxylic acids is 1. The van der Waals surface area contributed by atoms with Gasteiger partial charge in [0, 0.05) is 41.9 Å². The highest BCUT2D eigenvalue weighted by atomic mass is 19.2. The maximum atomic E-state index is 15.0. The summed E-state index contributed by atoms with van der Waals surface area (Å²) in [4.78, 5) is 16.2. The average molecular weight is 414 g/mol. The molecule has 6 heteroatoms. The summed E-state index contributed by atoms with van der Waals surface area (Å²) in [5.74, 6) is -2.82. The van der Waals surface area contributed by atoms with E-state index in [4.69, 9.17) is 0 Å². The van der Waals surface area contributed by atoms with Gasteiger partial charge in [0.1, 0.15) is 6.29 Å². The molecule has 158 valence electrons. The molecule has 0 N–H and O–H groups in total. The van der Waals surface area contributed by atoms with Gasteiger partial charge in [-0.1, -0.05) is 39.0 Å². The zero-order valence-electron chi connectivity index (χ0n) is 17.4. The number of nitrogens with zero attached hydrogens (tertiary/aromatic N) is 2. The molecule has 3 nitrogen and oxygen atoms in total. The Hall–Kier alpha value is -3.15. The molecule has 0 fully saturated rings. The van der Waals surface area contributed by atoms with Gasteiger partial charge in [-0.2, -0.15) is 4.39 Å². The van der Waals surface area contributed by atoms with E-state index in [9.17, 15) is 18.0 Å². The van der Waals surface area contributed by atoms with Crippen molar-refractivity contribution in [2.75, 3.05) is 7.05 Å². The number of allylic oxidation sites excluding steroid dienone is 6. The van der Waals surface area contributed by atoms with E-state index >= 15 is 0 Å². The first kappa shape index (κ1) is 23.1. The number of rotatable bonds is 8. The van der Waals surface area contributed by atoms with Crippen LogP contribution < -0.4 is 0 Å². The normalized spacial score (nSPS) is 15.5. The van der Waals surface area contributed by atoms with Crippen LogP contribution in [0.4, 0.5) is 13.2 Å². The van der Waals surface area contributed by atoms with Crippen LogP contribution in [0.5, 0.6) is 0 Å². The van der Waals surface area contributed by atoms with E-state index < -0.39 is 17.6 Å². The summed E-state index contributed by atoms with van der Waals surface area (Å²) in [6, 6.07) is 2.36. The monoisotopic (exact) mass is 414 g/mol. The Bertz CT molecular complexity index is 984. The molecule has 1 aliphatic heterocycles. The third kappa shape index (κ3) is 5.06. The Morgan fingerprint density at radius 1 is 1.27 bits per heavy atom. The molecule has 0 radical (unpaired) electrons. The van der Waals surface area contributed by atoms with Crippen molar-refractivity contribution < 1.29 is 18.0 Å². The molecule has 0 spiro atoms. The van der Waals surface area contributed by atoms with E-state index in [1.165, 1.54) is 13.1 Å². The van der Waals surface area contributed by atoms with Gasteiger partial charge in [0.2, 0.25) is 5.97 Å². The Morgan fingerprint density at radius 2 is 2.00 bits per heavy atom. The van der Waals surface area contributed by atoms with Crippen LogP contribution in [0.1, 0.15) is 44.2 Å². The van der Waals surface area contributed by atoms with Crippen LogP contribution >= 0.6 is 0 Å². The van der Waals surface area contributed by atoms with Crippen LogP contribution in [0.25, 0.3) is 11.1 Å². The maximum Gasteiger partial charge on any atom is 0.215 e. The van der Waals surface area contributed by atoms with Gasteiger partial charge in [-0.3, -0.25) is 9.79 Å². The lowest BCUT2D eigenvalue weighted by molar-refractivity contribution is -0.104. The predicted octanol–water partition coefficient (Wildman–Crippen LogP) is 6.37. The second kappa shape index (κ2) is 10.6. The highest BCUT2D eigenvalue weighted by Gasteiger charge is 2.22. The Balaban J connectivity index is 2.68. The van der Waals surface area contributed by atoms with Crippen molar-refractivity contribution in [2.24, 2.45) is 4.99 Å². The summed E-state index contributed by atoms with van der Waals surface area (Å²) in [7, 11) is 1.31. The van der Waals surface area contributed by atoms with Gasteiger partial charge < -0.3 is 4.90 Å². The van der Waals surface area contributed by atoms with Crippen LogP contribution in [-0.2, 0) is 4.79 Å². The summed E-state index contributed by atoms with van der Waals surface area (Å²) >= 11 is 0. The van der Waals surface area contributed by atoms with Crippen LogP contribution in [0, 0.1) is 11.6 Å². The van der Waals surface area contributed by atoms with E-state index in [2.05, 4.69) is 11.6 Å². The molecule has 1 aromatic rings. The van der Waals surface area contributed by atoms with Crippen LogP contribution in [0.2, 0.25) is 0 Å². The number of carbonyl (C=O) groups is 1. The van der Waals surface area contributed by atoms with E-state index in [1.54, 1.807) is 42.5 Å². The molecule has 1 aromatic carbocycles. The van der Waals surface area contributed by atoms with E-state index in [1.807, 2.05) is 6.92 Å². The van der Waals surface area contributed by atoms with E-state index in [0.717, 1.165) is 12.5 Å². The molecule has 1 aliphatic rings. The molecule has 0 aromatic heterocycles. The first-order valence-electron chi connectivity index (χ1n) is 9.72. The number of hydrogen-bond donors (Lipinski definition) is 0. The van der Waals surface area contributed by atoms with Crippen molar-refractivity contribution in [3.63, 3.8) is 0 Å². The smallest absolute Gasteiger partial charge is 0.215 e. The van der Waals surface area contributed by atoms with Crippen molar-refractivity contribution in [3.05, 3.63) is 83.4 Å². The quantitative estimate of drug-likeness (QED) is 0.366. The van der Waals surface area contributed by atoms with E-state index in [0.29, 0.717) is 36.0 Å². The molecular formula is C24H25F3N2O. The van der Waals surface area contributed by atoms with Crippen LogP contribution in [-0.4, -0.2) is 24.2 Å². The lowest BCUT2D eigenvalue weighted by Gasteiger charge is -2.23. The number of halogens is 3. The molecule has 0 atom stereocenters. The van der Waals surface area contributed by atoms with Crippen molar-refractivity contribution in [1.82, 2.24) is 4.90 Å². The summed E-state index contributed by atoms with van der Waals surface area (Å²) in [5, 5.41) is 0. The van der Waals surface area contributed by atoms with Gasteiger partial charge >= 0.3 is 0 Å². The fourth-order valence-electron chi connectivity index (χ4n) is 3.08. The minimum Gasteiger partial charge on any atom is -0.324 e. The zero-order chi connectivity index (χ0) is 22.3. The number of hydrogen-bond acceptors (Lipinski definition) is 3. The number of aldehydes is 1. The lowest BCUT2D eigenvalue weighted by Crippen LogP contribution is -2.13. The Labute approximate surface area is 175 Å². The van der Waals surface area contributed by atoms with Crippen molar-refractivity contribution in [3.8, 4) is 0 Å². The molecular weight excluding hydrogens is 389 g/mol. The molecule has 0 amide bonds. The molecule has 0 bridgehead atoms. The summed E-state index contributed by atoms with van der Waals surface area (Å²) in [5.41, 5.74) is 1.73. The largest absolute Gasteiger partial charge is 0.324 e. The topological polar surface area (TPSA) is 32.7 Å². The minimum atomic E-state index is -1.05. The molecule has 0 unspecified atom stereocenters. The zero-order valence-corrected chi connectivity index (χ0v) is 17.4. The van der Waals surface area contributed by atoms with Crippen LogP contribution in [0.15, 0.2) is 65.6 Å². The fourth-order valence-corrected chi connectivity index (χ4v) is 3.08. The fraction of sp³-hybridized carbons (Fsp3) is 0.250. The first-order chi connectivity index (χ1) is 14.4. The summed E-state index contributed by atoms with van der Waals surface area (Å²) in [6.45, 7) is 7.62. The number of benzene rings is 1. The Kier molecular flexibility index (Phi) is 8.16. The summed E-state index contributed by atoms with van der Waals surface area (Å²) < 4.78 is 43.7. The van der Waals surface area contributed by atoms with Gasteiger partial charge in [0.15, 0.2) is 11.6 Å². The Morgan fingerprint density at radius 3 is 2.57 bits per heavy atom. The molecule has 2 rings (SSSR count). The van der Waals surface area contributed by atoms with Gasteiger partial charge in [-0.15, -0.1) is 0 Å². The van der Waals surface area contributed by atoms with Crippen molar-refractivity contribution in [1.29, 1.82) is 0 Å². The third-order valence-corrected chi connectivity index (χ3v) is 4.67. The van der Waals surface area contributed by atoms with E-state index in [-0.39, 0.29) is 16.7 Å². The summed E-state index contributed by atoms with van der Waals surface area (Å²) in [6.07, 6.45) is 10.4. The van der Waals surface area contributed by atoms with Gasteiger partial charge in [-0.25, -0.2) is 8.78 Å². The highest BCUT2D eigenvalue weighted by molar-refractivity contribution is 6.20.